The number of ether oxygens (including phenoxy) is 2. The molecule has 130 valence electrons. The first-order chi connectivity index (χ1) is 11.8. The van der Waals surface area contributed by atoms with Crippen molar-refractivity contribution < 1.29 is 27.4 Å². The highest BCUT2D eigenvalue weighted by molar-refractivity contribution is 5.91. The van der Waals surface area contributed by atoms with E-state index in [9.17, 15) is 18.0 Å². The van der Waals surface area contributed by atoms with E-state index in [1.165, 1.54) is 41.2 Å². The van der Waals surface area contributed by atoms with Crippen LogP contribution >= 0.6 is 0 Å². The number of carbonyl (C=O) groups excluding carboxylic acids is 1. The van der Waals surface area contributed by atoms with Gasteiger partial charge in [-0.2, -0.15) is 13.2 Å². The first-order valence-electron chi connectivity index (χ1n) is 6.93. The molecular formula is C15H11F3N4O3. The van der Waals surface area contributed by atoms with Gasteiger partial charge in [-0.15, -0.1) is 0 Å². The Morgan fingerprint density at radius 2 is 2.04 bits per heavy atom. The number of alkyl halides is 3. The molecule has 0 aliphatic rings. The van der Waals surface area contributed by atoms with Crippen molar-refractivity contribution in [2.24, 2.45) is 5.73 Å². The average Bonchev–Trinajstić information content (AvgIpc) is 2.97. The minimum Gasteiger partial charge on any atom is -0.478 e. The summed E-state index contributed by atoms with van der Waals surface area (Å²) in [6, 6.07) is 5.82. The molecule has 0 aliphatic heterocycles. The molecule has 3 rings (SSSR count). The number of carbonyl (C=O) groups is 1. The zero-order valence-electron chi connectivity index (χ0n) is 12.5. The largest absolute Gasteiger partial charge is 0.478 e. The number of aromatic nitrogens is 3. The molecule has 10 heteroatoms. The Morgan fingerprint density at radius 1 is 1.24 bits per heavy atom. The van der Waals surface area contributed by atoms with Crippen molar-refractivity contribution in [3.05, 3.63) is 48.5 Å². The first kappa shape index (κ1) is 16.6. The van der Waals surface area contributed by atoms with E-state index in [1.807, 2.05) is 0 Å². The summed E-state index contributed by atoms with van der Waals surface area (Å²) < 4.78 is 48.6. The molecule has 3 aromatic rings. The lowest BCUT2D eigenvalue weighted by molar-refractivity contribution is -0.153. The van der Waals surface area contributed by atoms with Crippen LogP contribution in [0.15, 0.2) is 42.9 Å². The lowest BCUT2D eigenvalue weighted by Crippen LogP contribution is -2.19. The number of nitrogens with two attached hydrogens (primary N) is 1. The molecule has 1 amide bonds. The molecule has 0 radical (unpaired) electrons. The fourth-order valence-electron chi connectivity index (χ4n) is 1.98. The minimum absolute atomic E-state index is 0.0733. The third-order valence-corrected chi connectivity index (χ3v) is 3.02. The fraction of sp³-hybridized carbons (Fsp3) is 0.133. The number of imidazole rings is 1. The van der Waals surface area contributed by atoms with E-state index in [4.69, 9.17) is 15.2 Å². The predicted octanol–water partition coefficient (Wildman–Crippen LogP) is 2.56. The van der Waals surface area contributed by atoms with Crippen molar-refractivity contribution in [2.75, 3.05) is 6.61 Å². The number of amides is 1. The van der Waals surface area contributed by atoms with E-state index in [1.54, 1.807) is 6.07 Å². The molecule has 7 nitrogen and oxygen atoms in total. The van der Waals surface area contributed by atoms with Crippen LogP contribution in [0.3, 0.4) is 0 Å². The second kappa shape index (κ2) is 6.30. The fourth-order valence-corrected chi connectivity index (χ4v) is 1.98. The summed E-state index contributed by atoms with van der Waals surface area (Å²) in [5.74, 6) is -0.695. The van der Waals surface area contributed by atoms with Gasteiger partial charge in [-0.25, -0.2) is 9.97 Å². The van der Waals surface area contributed by atoms with Gasteiger partial charge in [-0.05, 0) is 24.3 Å². The van der Waals surface area contributed by atoms with E-state index in [2.05, 4.69) is 9.97 Å². The van der Waals surface area contributed by atoms with Gasteiger partial charge < -0.3 is 19.6 Å². The second-order valence-electron chi connectivity index (χ2n) is 4.93. The number of nitrogens with zero attached hydrogens (tertiary/aromatic N) is 3. The maximum Gasteiger partial charge on any atom is 0.422 e. The van der Waals surface area contributed by atoms with E-state index in [0.717, 1.165) is 0 Å². The van der Waals surface area contributed by atoms with Crippen molar-refractivity contribution in [2.45, 2.75) is 6.18 Å². The zero-order chi connectivity index (χ0) is 18.0. The highest BCUT2D eigenvalue weighted by Gasteiger charge is 2.29. The van der Waals surface area contributed by atoms with Gasteiger partial charge in [0.05, 0.1) is 6.20 Å². The maximum atomic E-state index is 12.3. The SMILES string of the molecule is NC(=O)c1cn2cc(Oc3ncccc3OCC(F)(F)F)ccc2n1. The molecule has 0 unspecified atom stereocenters. The van der Waals surface area contributed by atoms with Crippen LogP contribution in [0.2, 0.25) is 0 Å². The Balaban J connectivity index is 1.84. The van der Waals surface area contributed by atoms with E-state index in [-0.39, 0.29) is 23.1 Å². The first-order valence-corrected chi connectivity index (χ1v) is 6.93. The smallest absolute Gasteiger partial charge is 0.422 e. The lowest BCUT2D eigenvalue weighted by Gasteiger charge is -2.12. The van der Waals surface area contributed by atoms with Crippen molar-refractivity contribution in [1.82, 2.24) is 14.4 Å². The Kier molecular flexibility index (Phi) is 4.17. The van der Waals surface area contributed by atoms with Crippen molar-refractivity contribution in [3.8, 4) is 17.4 Å². The van der Waals surface area contributed by atoms with Gasteiger partial charge in [-0.1, -0.05) is 0 Å². The maximum absolute atomic E-state index is 12.3. The van der Waals surface area contributed by atoms with Gasteiger partial charge in [-0.3, -0.25) is 4.79 Å². The third kappa shape index (κ3) is 3.97. The van der Waals surface area contributed by atoms with Crippen molar-refractivity contribution in [3.63, 3.8) is 0 Å². The van der Waals surface area contributed by atoms with Gasteiger partial charge in [0.1, 0.15) is 17.1 Å². The number of halogens is 3. The monoisotopic (exact) mass is 352 g/mol. The Morgan fingerprint density at radius 3 is 2.76 bits per heavy atom. The molecule has 0 bridgehead atoms. The zero-order valence-corrected chi connectivity index (χ0v) is 12.5. The molecule has 3 heterocycles. The van der Waals surface area contributed by atoms with Gasteiger partial charge in [0.2, 0.25) is 0 Å². The Hall–Kier alpha value is -3.30. The summed E-state index contributed by atoms with van der Waals surface area (Å²) >= 11 is 0. The highest BCUT2D eigenvalue weighted by Crippen LogP contribution is 2.30. The molecule has 0 aliphatic carbocycles. The number of hydrogen-bond donors (Lipinski definition) is 1. The van der Waals surface area contributed by atoms with Crippen LogP contribution in [0.1, 0.15) is 10.5 Å². The van der Waals surface area contributed by atoms with Gasteiger partial charge in [0.25, 0.3) is 11.8 Å². The number of fused-ring (bicyclic) bond motifs is 1. The molecule has 25 heavy (non-hydrogen) atoms. The molecule has 0 saturated carbocycles. The molecule has 0 saturated heterocycles. The molecule has 0 fully saturated rings. The topological polar surface area (TPSA) is 91.7 Å². The molecule has 3 aromatic heterocycles. The number of primary amides is 1. The molecule has 0 aromatic carbocycles. The molecule has 0 spiro atoms. The standard InChI is InChI=1S/C15H11F3N4O3/c16-15(17,18)8-24-11-2-1-5-20-14(11)25-9-3-4-12-21-10(13(19)23)7-22(12)6-9/h1-7H,8H2,(H2,19,23). The number of pyridine rings is 2. The van der Waals surface area contributed by atoms with Crippen LogP contribution in [-0.4, -0.2) is 33.1 Å². The third-order valence-electron chi connectivity index (χ3n) is 3.02. The van der Waals surface area contributed by atoms with E-state index in [0.29, 0.717) is 5.65 Å². The van der Waals surface area contributed by atoms with Gasteiger partial charge >= 0.3 is 6.18 Å². The summed E-state index contributed by atoms with van der Waals surface area (Å²) in [7, 11) is 0. The quantitative estimate of drug-likeness (QED) is 0.762. The highest BCUT2D eigenvalue weighted by atomic mass is 19.4. The molecular weight excluding hydrogens is 341 g/mol. The minimum atomic E-state index is -4.48. The van der Waals surface area contributed by atoms with Gasteiger partial charge in [0.15, 0.2) is 12.4 Å². The summed E-state index contributed by atoms with van der Waals surface area (Å²) in [6.45, 7) is -1.46. The molecule has 0 atom stereocenters. The number of hydrogen-bond acceptors (Lipinski definition) is 5. The van der Waals surface area contributed by atoms with Crippen LogP contribution in [0.25, 0.3) is 5.65 Å². The summed E-state index contributed by atoms with van der Waals surface area (Å²) in [6.07, 6.45) is -0.230. The lowest BCUT2D eigenvalue weighted by atomic mass is 10.4. The summed E-state index contributed by atoms with van der Waals surface area (Å²) in [4.78, 5) is 19.0. The molecule has 2 N–H and O–H groups in total. The average molecular weight is 352 g/mol. The van der Waals surface area contributed by atoms with Crippen LogP contribution in [0.5, 0.6) is 17.4 Å². The summed E-state index contributed by atoms with van der Waals surface area (Å²) in [5.41, 5.74) is 5.69. The van der Waals surface area contributed by atoms with Gasteiger partial charge in [0, 0.05) is 12.4 Å². The normalized spacial score (nSPS) is 11.5. The van der Waals surface area contributed by atoms with E-state index < -0.39 is 18.7 Å². The van der Waals surface area contributed by atoms with E-state index >= 15 is 0 Å². The van der Waals surface area contributed by atoms with Crippen LogP contribution in [0, 0.1) is 0 Å². The van der Waals surface area contributed by atoms with Crippen molar-refractivity contribution >= 4 is 11.6 Å². The summed E-state index contributed by atoms with van der Waals surface area (Å²) in [5, 5.41) is 0. The number of rotatable bonds is 5. The Bertz CT molecular complexity index is 924. The Labute approximate surface area is 138 Å². The second-order valence-corrected chi connectivity index (χ2v) is 4.93. The van der Waals surface area contributed by atoms with Crippen LogP contribution in [-0.2, 0) is 0 Å². The predicted molar refractivity (Wildman–Crippen MR) is 79.6 cm³/mol. The van der Waals surface area contributed by atoms with Crippen LogP contribution in [0.4, 0.5) is 13.2 Å². The van der Waals surface area contributed by atoms with Crippen LogP contribution < -0.4 is 15.2 Å². The van der Waals surface area contributed by atoms with Crippen molar-refractivity contribution in [1.29, 1.82) is 0 Å².